The normalized spacial score (nSPS) is 11.3. The van der Waals surface area contributed by atoms with Gasteiger partial charge in [0.1, 0.15) is 5.75 Å². The standard InChI is InChI=1S/C21H27N3O5S/c1-13-9-14(2)21(15(3)10-13)23-20(26)12-24(5)30(27,28)17-7-8-18(22-16(4)25)19(11-17)29-6/h7-11H,12H2,1-6H3,(H,22,25)(H,23,26). The van der Waals surface area contributed by atoms with Crippen LogP contribution < -0.4 is 15.4 Å². The number of nitrogens with one attached hydrogen (secondary N) is 2. The average Bonchev–Trinajstić information content (AvgIpc) is 2.64. The van der Waals surface area contributed by atoms with E-state index in [1.165, 1.54) is 39.3 Å². The summed E-state index contributed by atoms with van der Waals surface area (Å²) in [5.41, 5.74) is 3.93. The molecule has 0 aliphatic carbocycles. The van der Waals surface area contributed by atoms with Gasteiger partial charge < -0.3 is 15.4 Å². The van der Waals surface area contributed by atoms with Crippen molar-refractivity contribution in [2.45, 2.75) is 32.6 Å². The minimum absolute atomic E-state index is 0.0496. The second kappa shape index (κ2) is 9.27. The van der Waals surface area contributed by atoms with Crippen molar-refractivity contribution >= 4 is 33.2 Å². The number of nitrogens with zero attached hydrogens (tertiary/aromatic N) is 1. The average molecular weight is 434 g/mol. The van der Waals surface area contributed by atoms with E-state index in [1.54, 1.807) is 0 Å². The number of likely N-dealkylation sites (N-methyl/N-ethyl adjacent to an activating group) is 1. The van der Waals surface area contributed by atoms with E-state index in [-0.39, 0.29) is 23.1 Å². The highest BCUT2D eigenvalue weighted by Gasteiger charge is 2.25. The SMILES string of the molecule is COc1cc(S(=O)(=O)N(C)CC(=O)Nc2c(C)cc(C)cc2C)ccc1NC(C)=O. The molecule has 9 heteroatoms. The number of ether oxygens (including phenoxy) is 1. The van der Waals surface area contributed by atoms with Gasteiger partial charge in [0.2, 0.25) is 21.8 Å². The van der Waals surface area contributed by atoms with Gasteiger partial charge >= 0.3 is 0 Å². The number of hydrogen-bond donors (Lipinski definition) is 2. The maximum atomic E-state index is 12.9. The molecule has 2 amide bonds. The van der Waals surface area contributed by atoms with Crippen molar-refractivity contribution < 1.29 is 22.7 Å². The number of rotatable bonds is 7. The first-order valence-corrected chi connectivity index (χ1v) is 10.7. The minimum Gasteiger partial charge on any atom is -0.495 e. The second-order valence-corrected chi connectivity index (χ2v) is 9.17. The quantitative estimate of drug-likeness (QED) is 0.699. The zero-order valence-corrected chi connectivity index (χ0v) is 18.8. The van der Waals surface area contributed by atoms with Crippen LogP contribution in [0.4, 0.5) is 11.4 Å². The van der Waals surface area contributed by atoms with Gasteiger partial charge in [-0.2, -0.15) is 4.31 Å². The molecule has 0 heterocycles. The van der Waals surface area contributed by atoms with Gasteiger partial charge in [-0.05, 0) is 44.0 Å². The summed E-state index contributed by atoms with van der Waals surface area (Å²) in [4.78, 5) is 23.7. The van der Waals surface area contributed by atoms with Crippen LogP contribution in [-0.4, -0.2) is 45.2 Å². The van der Waals surface area contributed by atoms with E-state index in [9.17, 15) is 18.0 Å². The molecule has 162 valence electrons. The van der Waals surface area contributed by atoms with E-state index >= 15 is 0 Å². The number of anilines is 2. The summed E-state index contributed by atoms with van der Waals surface area (Å²) < 4.78 is 32.0. The van der Waals surface area contributed by atoms with E-state index in [0.29, 0.717) is 11.4 Å². The maximum absolute atomic E-state index is 12.9. The number of sulfonamides is 1. The number of carbonyl (C=O) groups is 2. The predicted molar refractivity (Wildman–Crippen MR) is 116 cm³/mol. The molecule has 0 aromatic heterocycles. The zero-order valence-electron chi connectivity index (χ0n) is 18.0. The smallest absolute Gasteiger partial charge is 0.243 e. The molecule has 0 aliphatic heterocycles. The Morgan fingerprint density at radius 1 is 1.03 bits per heavy atom. The highest BCUT2D eigenvalue weighted by Crippen LogP contribution is 2.29. The number of benzene rings is 2. The van der Waals surface area contributed by atoms with Gasteiger partial charge in [-0.25, -0.2) is 8.42 Å². The van der Waals surface area contributed by atoms with E-state index in [4.69, 9.17) is 4.74 Å². The first-order valence-electron chi connectivity index (χ1n) is 9.25. The Bertz CT molecular complexity index is 1060. The fourth-order valence-corrected chi connectivity index (χ4v) is 4.29. The van der Waals surface area contributed by atoms with Gasteiger partial charge in [-0.15, -0.1) is 0 Å². The molecule has 2 aromatic carbocycles. The summed E-state index contributed by atoms with van der Waals surface area (Å²) in [5.74, 6) is -0.549. The molecule has 8 nitrogen and oxygen atoms in total. The summed E-state index contributed by atoms with van der Waals surface area (Å²) >= 11 is 0. The Labute approximate surface area is 177 Å². The molecular formula is C21H27N3O5S. The molecule has 0 saturated heterocycles. The largest absolute Gasteiger partial charge is 0.495 e. The predicted octanol–water partition coefficient (Wildman–Crippen LogP) is 2.84. The third kappa shape index (κ3) is 5.37. The topological polar surface area (TPSA) is 105 Å². The van der Waals surface area contributed by atoms with Crippen LogP contribution in [0.2, 0.25) is 0 Å². The fraction of sp³-hybridized carbons (Fsp3) is 0.333. The monoisotopic (exact) mass is 433 g/mol. The molecule has 0 unspecified atom stereocenters. The van der Waals surface area contributed by atoms with Crippen LogP contribution in [0.5, 0.6) is 5.75 Å². The third-order valence-electron chi connectivity index (χ3n) is 4.50. The number of hydrogen-bond acceptors (Lipinski definition) is 5. The summed E-state index contributed by atoms with van der Waals surface area (Å²) in [6, 6.07) is 8.01. The molecular weight excluding hydrogens is 406 g/mol. The molecule has 2 aromatic rings. The van der Waals surface area contributed by atoms with Gasteiger partial charge in [0.05, 0.1) is 24.2 Å². The van der Waals surface area contributed by atoms with Crippen LogP contribution in [0.15, 0.2) is 35.2 Å². The number of methoxy groups -OCH3 is 1. The Hall–Kier alpha value is -2.91. The van der Waals surface area contributed by atoms with Gasteiger partial charge in [-0.1, -0.05) is 17.7 Å². The van der Waals surface area contributed by atoms with Crippen LogP contribution in [0, 0.1) is 20.8 Å². The molecule has 2 rings (SSSR count). The molecule has 0 fully saturated rings. The lowest BCUT2D eigenvalue weighted by Gasteiger charge is -2.19. The van der Waals surface area contributed by atoms with Crippen molar-refractivity contribution in [3.63, 3.8) is 0 Å². The Morgan fingerprint density at radius 2 is 1.63 bits per heavy atom. The number of carbonyl (C=O) groups excluding carboxylic acids is 2. The molecule has 2 N–H and O–H groups in total. The van der Waals surface area contributed by atoms with Crippen LogP contribution in [-0.2, 0) is 19.6 Å². The summed E-state index contributed by atoms with van der Waals surface area (Å²) in [6.45, 7) is 6.73. The Morgan fingerprint density at radius 3 is 2.17 bits per heavy atom. The van der Waals surface area contributed by atoms with Crippen molar-refractivity contribution in [1.82, 2.24) is 4.31 Å². The molecule has 0 saturated carbocycles. The van der Waals surface area contributed by atoms with E-state index < -0.39 is 15.9 Å². The van der Waals surface area contributed by atoms with Crippen molar-refractivity contribution in [1.29, 1.82) is 0 Å². The lowest BCUT2D eigenvalue weighted by atomic mass is 10.1. The van der Waals surface area contributed by atoms with E-state index in [2.05, 4.69) is 10.6 Å². The first kappa shape index (κ1) is 23.4. The highest BCUT2D eigenvalue weighted by molar-refractivity contribution is 7.89. The lowest BCUT2D eigenvalue weighted by molar-refractivity contribution is -0.116. The molecule has 0 bridgehead atoms. The van der Waals surface area contributed by atoms with Gasteiger partial charge in [-0.3, -0.25) is 9.59 Å². The lowest BCUT2D eigenvalue weighted by Crippen LogP contribution is -2.35. The van der Waals surface area contributed by atoms with Crippen molar-refractivity contribution in [3.05, 3.63) is 47.0 Å². The molecule has 30 heavy (non-hydrogen) atoms. The Kier molecular flexibility index (Phi) is 7.22. The highest BCUT2D eigenvalue weighted by atomic mass is 32.2. The van der Waals surface area contributed by atoms with Gasteiger partial charge in [0.15, 0.2) is 0 Å². The fourth-order valence-electron chi connectivity index (χ4n) is 3.15. The van der Waals surface area contributed by atoms with E-state index in [0.717, 1.165) is 21.0 Å². The van der Waals surface area contributed by atoms with Crippen molar-refractivity contribution in [2.24, 2.45) is 0 Å². The van der Waals surface area contributed by atoms with Gasteiger partial charge in [0.25, 0.3) is 0 Å². The van der Waals surface area contributed by atoms with Crippen molar-refractivity contribution in [2.75, 3.05) is 31.3 Å². The third-order valence-corrected chi connectivity index (χ3v) is 6.30. The summed E-state index contributed by atoms with van der Waals surface area (Å²) in [7, 11) is -1.24. The van der Waals surface area contributed by atoms with E-state index in [1.807, 2.05) is 32.9 Å². The molecule has 0 aliphatic rings. The number of amides is 2. The molecule has 0 radical (unpaired) electrons. The minimum atomic E-state index is -3.95. The Balaban J connectivity index is 2.20. The van der Waals surface area contributed by atoms with Crippen LogP contribution in [0.3, 0.4) is 0 Å². The first-order chi connectivity index (χ1) is 13.9. The summed E-state index contributed by atoms with van der Waals surface area (Å²) in [5, 5.41) is 5.37. The number of aryl methyl sites for hydroxylation is 3. The second-order valence-electron chi connectivity index (χ2n) is 7.13. The summed E-state index contributed by atoms with van der Waals surface area (Å²) in [6.07, 6.45) is 0. The van der Waals surface area contributed by atoms with Crippen LogP contribution in [0.1, 0.15) is 23.6 Å². The zero-order chi connectivity index (χ0) is 22.6. The van der Waals surface area contributed by atoms with Crippen molar-refractivity contribution in [3.8, 4) is 5.75 Å². The molecule has 0 spiro atoms. The van der Waals surface area contributed by atoms with Gasteiger partial charge in [0, 0.05) is 25.7 Å². The molecule has 0 atom stereocenters. The maximum Gasteiger partial charge on any atom is 0.243 e. The van der Waals surface area contributed by atoms with Crippen LogP contribution >= 0.6 is 0 Å². The van der Waals surface area contributed by atoms with Crippen LogP contribution in [0.25, 0.3) is 0 Å².